The van der Waals surface area contributed by atoms with Crippen LogP contribution >= 0.6 is 15.9 Å². The molecule has 0 radical (unpaired) electrons. The molecule has 1 N–H and O–H groups in total. The lowest BCUT2D eigenvalue weighted by atomic mass is 10.1. The number of halogens is 1. The van der Waals surface area contributed by atoms with Gasteiger partial charge < -0.3 is 9.51 Å². The number of imidazole rings is 1. The average Bonchev–Trinajstić information content (AvgIpc) is 2.55. The van der Waals surface area contributed by atoms with Gasteiger partial charge in [0.05, 0.1) is 5.69 Å². The van der Waals surface area contributed by atoms with E-state index in [2.05, 4.69) is 20.9 Å². The van der Waals surface area contributed by atoms with Gasteiger partial charge in [-0.2, -0.15) is 0 Å². The number of hydrogen-bond acceptors (Lipinski definition) is 2. The van der Waals surface area contributed by atoms with E-state index in [9.17, 15) is 4.79 Å². The Morgan fingerprint density at radius 3 is 2.75 bits per heavy atom. The minimum Gasteiger partial charge on any atom is -0.476 e. The quantitative estimate of drug-likeness (QED) is 0.922. The predicted octanol–water partition coefficient (Wildman–Crippen LogP) is 2.92. The number of aromatic nitrogens is 2. The van der Waals surface area contributed by atoms with Crippen LogP contribution in [0.25, 0.3) is 5.65 Å². The topological polar surface area (TPSA) is 54.6 Å². The molecule has 84 valence electrons. The van der Waals surface area contributed by atoms with Crippen molar-refractivity contribution < 1.29 is 9.90 Å². The van der Waals surface area contributed by atoms with Gasteiger partial charge in [-0.3, -0.25) is 0 Å². The van der Waals surface area contributed by atoms with Crippen LogP contribution in [0.4, 0.5) is 0 Å². The fourth-order valence-electron chi connectivity index (χ4n) is 1.75. The van der Waals surface area contributed by atoms with Crippen LogP contribution in [-0.2, 0) is 0 Å². The van der Waals surface area contributed by atoms with Gasteiger partial charge >= 0.3 is 5.97 Å². The maximum atomic E-state index is 11.1. The van der Waals surface area contributed by atoms with Gasteiger partial charge in [0.1, 0.15) is 5.65 Å². The molecule has 0 aliphatic carbocycles. The summed E-state index contributed by atoms with van der Waals surface area (Å²) >= 11 is 3.37. The number of fused-ring (bicyclic) bond motifs is 1. The smallest absolute Gasteiger partial charge is 0.356 e. The van der Waals surface area contributed by atoms with Crippen molar-refractivity contribution in [1.82, 2.24) is 9.38 Å². The maximum absolute atomic E-state index is 11.1. The van der Waals surface area contributed by atoms with E-state index < -0.39 is 5.97 Å². The van der Waals surface area contributed by atoms with Gasteiger partial charge in [-0.15, -0.1) is 0 Å². The lowest BCUT2D eigenvalue weighted by Gasteiger charge is -2.06. The number of carboxylic acids is 1. The number of nitrogens with zero attached hydrogens (tertiary/aromatic N) is 2. The Morgan fingerprint density at radius 2 is 2.19 bits per heavy atom. The first kappa shape index (κ1) is 11.1. The van der Waals surface area contributed by atoms with Crippen LogP contribution in [0.2, 0.25) is 0 Å². The molecule has 2 heterocycles. The predicted molar refractivity (Wildman–Crippen MR) is 63.9 cm³/mol. The van der Waals surface area contributed by atoms with Crippen molar-refractivity contribution in [3.8, 4) is 0 Å². The summed E-state index contributed by atoms with van der Waals surface area (Å²) in [5, 5.41) is 9.10. The number of aromatic carboxylic acids is 1. The molecular weight excluding hydrogens is 272 g/mol. The highest BCUT2D eigenvalue weighted by atomic mass is 79.9. The number of pyridine rings is 1. The second-order valence-electron chi connectivity index (χ2n) is 3.88. The number of rotatable bonds is 2. The fraction of sp³-hybridized carbons (Fsp3) is 0.273. The van der Waals surface area contributed by atoms with Crippen molar-refractivity contribution in [3.63, 3.8) is 0 Å². The van der Waals surface area contributed by atoms with Gasteiger partial charge in [-0.1, -0.05) is 13.8 Å². The lowest BCUT2D eigenvalue weighted by Crippen LogP contribution is -2.04. The molecule has 0 spiro atoms. The second-order valence-corrected chi connectivity index (χ2v) is 4.80. The molecule has 0 saturated heterocycles. The van der Waals surface area contributed by atoms with E-state index >= 15 is 0 Å². The molecule has 4 nitrogen and oxygen atoms in total. The number of carbonyl (C=O) groups is 1. The Balaban J connectivity index is 2.82. The molecule has 16 heavy (non-hydrogen) atoms. The minimum atomic E-state index is -0.983. The summed E-state index contributed by atoms with van der Waals surface area (Å²) < 4.78 is 2.72. The van der Waals surface area contributed by atoms with E-state index in [0.29, 0.717) is 5.65 Å². The van der Waals surface area contributed by atoms with E-state index in [0.717, 1.165) is 10.2 Å². The van der Waals surface area contributed by atoms with Gasteiger partial charge in [0.15, 0.2) is 5.69 Å². The summed E-state index contributed by atoms with van der Waals surface area (Å²) in [4.78, 5) is 15.2. The van der Waals surface area contributed by atoms with Crippen molar-refractivity contribution in [1.29, 1.82) is 0 Å². The van der Waals surface area contributed by atoms with Crippen LogP contribution in [0.15, 0.2) is 22.8 Å². The van der Waals surface area contributed by atoms with E-state index in [1.807, 2.05) is 30.5 Å². The Kier molecular flexibility index (Phi) is 2.71. The molecule has 0 fully saturated rings. The van der Waals surface area contributed by atoms with Crippen molar-refractivity contribution in [2.75, 3.05) is 0 Å². The first-order valence-electron chi connectivity index (χ1n) is 4.91. The average molecular weight is 283 g/mol. The standard InChI is InChI=1S/C11H11BrN2O2/c1-6(2)10-9(11(15)16)13-8-4-3-7(12)5-14(8)10/h3-6H,1-2H3,(H,15,16). The molecule has 0 aliphatic heterocycles. The molecular formula is C11H11BrN2O2. The summed E-state index contributed by atoms with van der Waals surface area (Å²) in [6.07, 6.45) is 1.84. The Labute approximate surface area is 101 Å². The van der Waals surface area contributed by atoms with Crippen LogP contribution in [0.1, 0.15) is 35.9 Å². The Hall–Kier alpha value is -1.36. The first-order valence-corrected chi connectivity index (χ1v) is 5.71. The monoisotopic (exact) mass is 282 g/mol. The molecule has 2 aromatic rings. The first-order chi connectivity index (χ1) is 7.50. The van der Waals surface area contributed by atoms with E-state index in [1.54, 1.807) is 6.07 Å². The summed E-state index contributed by atoms with van der Waals surface area (Å²) in [6.45, 7) is 3.91. The summed E-state index contributed by atoms with van der Waals surface area (Å²) in [5.74, 6) is -0.876. The van der Waals surface area contributed by atoms with Crippen molar-refractivity contribution in [3.05, 3.63) is 34.2 Å². The van der Waals surface area contributed by atoms with Gasteiger partial charge in [-0.25, -0.2) is 9.78 Å². The van der Waals surface area contributed by atoms with Crippen molar-refractivity contribution in [2.24, 2.45) is 0 Å². The van der Waals surface area contributed by atoms with Crippen molar-refractivity contribution >= 4 is 27.5 Å². The Morgan fingerprint density at radius 1 is 1.50 bits per heavy atom. The van der Waals surface area contributed by atoms with E-state index in [-0.39, 0.29) is 11.6 Å². The van der Waals surface area contributed by atoms with Gasteiger partial charge in [0, 0.05) is 10.7 Å². The van der Waals surface area contributed by atoms with E-state index in [1.165, 1.54) is 0 Å². The third kappa shape index (κ3) is 1.71. The zero-order valence-electron chi connectivity index (χ0n) is 8.94. The van der Waals surface area contributed by atoms with Crippen LogP contribution in [-0.4, -0.2) is 20.5 Å². The van der Waals surface area contributed by atoms with Crippen LogP contribution in [0.5, 0.6) is 0 Å². The normalized spacial score (nSPS) is 11.2. The molecule has 0 saturated carbocycles. The van der Waals surface area contributed by atoms with Gasteiger partial charge in [0.25, 0.3) is 0 Å². The largest absolute Gasteiger partial charge is 0.476 e. The highest BCUT2D eigenvalue weighted by Gasteiger charge is 2.20. The number of hydrogen-bond donors (Lipinski definition) is 1. The second kappa shape index (κ2) is 3.90. The SMILES string of the molecule is CC(C)c1c(C(=O)O)nc2ccc(Br)cn12. The summed E-state index contributed by atoms with van der Waals surface area (Å²) in [6, 6.07) is 3.64. The molecule has 0 aromatic carbocycles. The third-order valence-corrected chi connectivity index (χ3v) is 2.84. The zero-order chi connectivity index (χ0) is 11.9. The van der Waals surface area contributed by atoms with Crippen LogP contribution in [0, 0.1) is 0 Å². The van der Waals surface area contributed by atoms with Gasteiger partial charge in [0.2, 0.25) is 0 Å². The summed E-state index contributed by atoms with van der Waals surface area (Å²) in [5.41, 5.74) is 1.52. The Bertz CT molecular complexity index is 560. The highest BCUT2D eigenvalue weighted by Crippen LogP contribution is 2.23. The van der Waals surface area contributed by atoms with Crippen LogP contribution < -0.4 is 0 Å². The molecule has 0 unspecified atom stereocenters. The molecule has 2 aromatic heterocycles. The molecule has 0 bridgehead atoms. The highest BCUT2D eigenvalue weighted by molar-refractivity contribution is 9.10. The molecule has 5 heteroatoms. The third-order valence-electron chi connectivity index (χ3n) is 2.37. The molecule has 0 aliphatic rings. The van der Waals surface area contributed by atoms with E-state index in [4.69, 9.17) is 5.11 Å². The van der Waals surface area contributed by atoms with Crippen molar-refractivity contribution in [2.45, 2.75) is 19.8 Å². The number of carboxylic acid groups (broad SMARTS) is 1. The summed E-state index contributed by atoms with van der Waals surface area (Å²) in [7, 11) is 0. The molecule has 0 atom stereocenters. The molecule has 0 amide bonds. The maximum Gasteiger partial charge on any atom is 0.356 e. The molecule has 2 rings (SSSR count). The lowest BCUT2D eigenvalue weighted by molar-refractivity contribution is 0.0689. The van der Waals surface area contributed by atoms with Crippen LogP contribution in [0.3, 0.4) is 0 Å². The fourth-order valence-corrected chi connectivity index (χ4v) is 2.08. The van der Waals surface area contributed by atoms with Gasteiger partial charge in [-0.05, 0) is 34.0 Å². The minimum absolute atomic E-state index is 0.107. The zero-order valence-corrected chi connectivity index (χ0v) is 10.5.